The summed E-state index contributed by atoms with van der Waals surface area (Å²) in [4.78, 5) is 27.5. The molecular weight excluding hydrogens is 338 g/mol. The molecule has 0 fully saturated rings. The summed E-state index contributed by atoms with van der Waals surface area (Å²) in [5.41, 5.74) is 3.43. The number of Topliss-reactive ketones (excluding diaryl/α,β-unsaturated/α-hetero) is 1. The van der Waals surface area contributed by atoms with Crippen molar-refractivity contribution < 1.29 is 14.0 Å². The van der Waals surface area contributed by atoms with Gasteiger partial charge in [-0.3, -0.25) is 9.59 Å². The van der Waals surface area contributed by atoms with Gasteiger partial charge in [-0.15, -0.1) is 0 Å². The normalized spacial score (nSPS) is 14.7. The molecule has 3 aromatic rings. The molecule has 0 saturated heterocycles. The van der Waals surface area contributed by atoms with Gasteiger partial charge in [0.05, 0.1) is 17.9 Å². The number of para-hydroxylation sites is 1. The maximum absolute atomic E-state index is 13.6. The third-order valence-corrected chi connectivity index (χ3v) is 5.09. The monoisotopic (exact) mass is 359 g/mol. The van der Waals surface area contributed by atoms with Gasteiger partial charge in [-0.1, -0.05) is 42.0 Å². The number of hydrogen-bond acceptors (Lipinski definition) is 3. The van der Waals surface area contributed by atoms with Gasteiger partial charge in [0.2, 0.25) is 5.91 Å². The van der Waals surface area contributed by atoms with Crippen LogP contribution < -0.4 is 4.90 Å². The molecule has 0 radical (unpaired) electrons. The number of fused-ring (bicyclic) bond motifs is 1. The molecule has 1 atom stereocenters. The minimum Gasteiger partial charge on any atom is -0.469 e. The summed E-state index contributed by atoms with van der Waals surface area (Å²) in [6.45, 7) is 2.44. The van der Waals surface area contributed by atoms with Crippen molar-refractivity contribution >= 4 is 17.4 Å². The molecule has 4 nitrogen and oxygen atoms in total. The first-order valence-corrected chi connectivity index (χ1v) is 9.16. The van der Waals surface area contributed by atoms with Gasteiger partial charge in [-0.05, 0) is 36.8 Å². The second kappa shape index (κ2) is 7.23. The zero-order valence-corrected chi connectivity index (χ0v) is 15.2. The minimum atomic E-state index is -0.363. The van der Waals surface area contributed by atoms with E-state index in [2.05, 4.69) is 0 Å². The molecule has 4 rings (SSSR count). The maximum Gasteiger partial charge on any atom is 0.235 e. The van der Waals surface area contributed by atoms with Gasteiger partial charge in [-0.25, -0.2) is 0 Å². The fourth-order valence-corrected chi connectivity index (χ4v) is 3.61. The minimum absolute atomic E-state index is 0.00444. The molecule has 2 heterocycles. The Hall–Kier alpha value is -3.14. The molecule has 1 amide bonds. The number of hydrogen-bond donors (Lipinski definition) is 0. The van der Waals surface area contributed by atoms with Crippen LogP contribution in [0, 0.1) is 6.92 Å². The van der Waals surface area contributed by atoms with Gasteiger partial charge in [0.1, 0.15) is 5.76 Å². The van der Waals surface area contributed by atoms with Gasteiger partial charge in [-0.2, -0.15) is 0 Å². The van der Waals surface area contributed by atoms with E-state index in [4.69, 9.17) is 4.42 Å². The molecule has 0 bridgehead atoms. The highest BCUT2D eigenvalue weighted by atomic mass is 16.3. The summed E-state index contributed by atoms with van der Waals surface area (Å²) in [5, 5.41) is 0. The zero-order valence-electron chi connectivity index (χ0n) is 15.2. The van der Waals surface area contributed by atoms with Crippen molar-refractivity contribution in [3.63, 3.8) is 0 Å². The average Bonchev–Trinajstić information content (AvgIpc) is 3.20. The summed E-state index contributed by atoms with van der Waals surface area (Å²) >= 11 is 0. The van der Waals surface area contributed by atoms with E-state index >= 15 is 0 Å². The lowest BCUT2D eigenvalue weighted by Crippen LogP contribution is -2.40. The Morgan fingerprint density at radius 1 is 1.07 bits per heavy atom. The topological polar surface area (TPSA) is 50.5 Å². The van der Waals surface area contributed by atoms with Gasteiger partial charge >= 0.3 is 0 Å². The first-order chi connectivity index (χ1) is 13.1. The first-order valence-electron chi connectivity index (χ1n) is 9.16. The van der Waals surface area contributed by atoms with E-state index in [1.807, 2.05) is 61.5 Å². The summed E-state index contributed by atoms with van der Waals surface area (Å²) in [6.07, 6.45) is 2.46. The van der Waals surface area contributed by atoms with Crippen LogP contribution in [0.25, 0.3) is 0 Å². The smallest absolute Gasteiger partial charge is 0.235 e. The van der Waals surface area contributed by atoms with Crippen molar-refractivity contribution in [3.8, 4) is 0 Å². The SMILES string of the molecule is Cc1ccc(C(Cc2ccco2)C(=O)N2CCC(=O)c3ccccc32)cc1. The highest BCUT2D eigenvalue weighted by molar-refractivity contribution is 6.10. The molecule has 27 heavy (non-hydrogen) atoms. The predicted octanol–water partition coefficient (Wildman–Crippen LogP) is 4.53. The van der Waals surface area contributed by atoms with E-state index in [1.165, 1.54) is 0 Å². The van der Waals surface area contributed by atoms with E-state index in [-0.39, 0.29) is 17.6 Å². The second-order valence-corrected chi connectivity index (χ2v) is 6.93. The van der Waals surface area contributed by atoms with Crippen LogP contribution in [0.5, 0.6) is 0 Å². The van der Waals surface area contributed by atoms with Gasteiger partial charge in [0, 0.05) is 24.9 Å². The van der Waals surface area contributed by atoms with Crippen molar-refractivity contribution in [2.24, 2.45) is 0 Å². The lowest BCUT2D eigenvalue weighted by atomic mass is 9.90. The second-order valence-electron chi connectivity index (χ2n) is 6.93. The number of furan rings is 1. The van der Waals surface area contributed by atoms with E-state index < -0.39 is 0 Å². The Kier molecular flexibility index (Phi) is 4.63. The van der Waals surface area contributed by atoms with Crippen LogP contribution in [0.2, 0.25) is 0 Å². The van der Waals surface area contributed by atoms with Crippen molar-refractivity contribution in [2.45, 2.75) is 25.7 Å². The van der Waals surface area contributed by atoms with Crippen molar-refractivity contribution in [3.05, 3.63) is 89.4 Å². The van der Waals surface area contributed by atoms with Crippen LogP contribution >= 0.6 is 0 Å². The number of amides is 1. The predicted molar refractivity (Wildman–Crippen MR) is 104 cm³/mol. The van der Waals surface area contributed by atoms with Crippen molar-refractivity contribution in [1.82, 2.24) is 0 Å². The maximum atomic E-state index is 13.6. The van der Waals surface area contributed by atoms with Crippen LogP contribution in [0.15, 0.2) is 71.3 Å². The lowest BCUT2D eigenvalue weighted by Gasteiger charge is -2.31. The van der Waals surface area contributed by atoms with Crippen LogP contribution in [-0.2, 0) is 11.2 Å². The van der Waals surface area contributed by atoms with E-state index in [0.29, 0.717) is 30.6 Å². The summed E-state index contributed by atoms with van der Waals surface area (Å²) < 4.78 is 5.51. The third-order valence-electron chi connectivity index (χ3n) is 5.09. The van der Waals surface area contributed by atoms with Crippen molar-refractivity contribution in [2.75, 3.05) is 11.4 Å². The fraction of sp³-hybridized carbons (Fsp3) is 0.217. The molecule has 1 aromatic heterocycles. The number of carbonyl (C=O) groups is 2. The summed E-state index contributed by atoms with van der Waals surface area (Å²) in [7, 11) is 0. The zero-order chi connectivity index (χ0) is 18.8. The number of carbonyl (C=O) groups excluding carboxylic acids is 2. The largest absolute Gasteiger partial charge is 0.469 e. The number of benzene rings is 2. The van der Waals surface area contributed by atoms with Crippen LogP contribution in [0.4, 0.5) is 5.69 Å². The van der Waals surface area contributed by atoms with Crippen LogP contribution in [0.3, 0.4) is 0 Å². The molecule has 0 saturated carbocycles. The first kappa shape index (κ1) is 17.3. The molecule has 0 N–H and O–H groups in total. The fourth-order valence-electron chi connectivity index (χ4n) is 3.61. The van der Waals surface area contributed by atoms with E-state index in [9.17, 15) is 9.59 Å². The van der Waals surface area contributed by atoms with Gasteiger partial charge in [0.15, 0.2) is 5.78 Å². The highest BCUT2D eigenvalue weighted by Gasteiger charge is 2.32. The average molecular weight is 359 g/mol. The molecule has 4 heteroatoms. The molecule has 0 aliphatic carbocycles. The number of rotatable bonds is 4. The molecule has 1 unspecified atom stereocenters. The molecule has 1 aliphatic heterocycles. The third kappa shape index (κ3) is 3.43. The summed E-state index contributed by atoms with van der Waals surface area (Å²) in [6, 6.07) is 19.1. The lowest BCUT2D eigenvalue weighted by molar-refractivity contribution is -0.120. The molecule has 1 aliphatic rings. The van der Waals surface area contributed by atoms with E-state index in [0.717, 1.165) is 16.9 Å². The Labute approximate surface area is 158 Å². The quantitative estimate of drug-likeness (QED) is 0.687. The highest BCUT2D eigenvalue weighted by Crippen LogP contribution is 2.32. The number of aryl methyl sites for hydroxylation is 1. The van der Waals surface area contributed by atoms with Crippen LogP contribution in [-0.4, -0.2) is 18.2 Å². The van der Waals surface area contributed by atoms with Gasteiger partial charge in [0.25, 0.3) is 0 Å². The Morgan fingerprint density at radius 3 is 2.59 bits per heavy atom. The number of ketones is 1. The molecule has 2 aromatic carbocycles. The summed E-state index contributed by atoms with van der Waals surface area (Å²) in [5.74, 6) is 0.496. The number of anilines is 1. The van der Waals surface area contributed by atoms with E-state index in [1.54, 1.807) is 17.2 Å². The van der Waals surface area contributed by atoms with Crippen molar-refractivity contribution in [1.29, 1.82) is 0 Å². The van der Waals surface area contributed by atoms with Gasteiger partial charge < -0.3 is 9.32 Å². The van der Waals surface area contributed by atoms with Crippen LogP contribution in [0.1, 0.15) is 39.6 Å². The molecule has 136 valence electrons. The Bertz CT molecular complexity index is 958. The molecular formula is C23H21NO3. The number of nitrogens with zero attached hydrogens (tertiary/aromatic N) is 1. The molecule has 0 spiro atoms. The standard InChI is InChI=1S/C23H21NO3/c1-16-8-10-17(11-9-16)20(15-18-5-4-14-27-18)23(26)24-13-12-22(25)19-6-2-3-7-21(19)24/h2-11,14,20H,12-13,15H2,1H3. The Morgan fingerprint density at radius 2 is 1.85 bits per heavy atom. The Balaban J connectivity index is 1.71.